The Morgan fingerprint density at radius 3 is 1.00 bits per heavy atom. The van der Waals surface area contributed by atoms with E-state index in [1.807, 2.05) is 0 Å². The van der Waals surface area contributed by atoms with E-state index in [0.29, 0.717) is 35.5 Å². The fraction of sp³-hybridized carbons (Fsp3) is 0.727. The number of hydrogen-bond donors (Lipinski definition) is 0. The van der Waals surface area contributed by atoms with Crippen LogP contribution in [0, 0.1) is 20.2 Å². The van der Waals surface area contributed by atoms with Gasteiger partial charge in [0.1, 0.15) is 11.5 Å². The highest BCUT2D eigenvalue weighted by Crippen LogP contribution is 2.34. The van der Waals surface area contributed by atoms with Crippen molar-refractivity contribution in [1.82, 2.24) is 0 Å². The maximum Gasteiger partial charge on any atom is 0.276 e. The molecule has 0 aromatic heterocycles. The summed E-state index contributed by atoms with van der Waals surface area (Å²) in [5, 5.41) is 23.9. The molecule has 2 aromatic carbocycles. The second-order valence-corrected chi connectivity index (χ2v) is 14.8. The first-order chi connectivity index (χ1) is 25.4. The maximum atomic E-state index is 12.0. The topological polar surface area (TPSA) is 105 Å². The molecule has 0 bridgehead atoms. The number of ether oxygens (including phenoxy) is 2. The van der Waals surface area contributed by atoms with Crippen molar-refractivity contribution in [2.45, 2.75) is 207 Å². The van der Waals surface area contributed by atoms with E-state index in [9.17, 15) is 20.2 Å². The van der Waals surface area contributed by atoms with E-state index in [2.05, 4.69) is 13.8 Å². The number of nitrogens with zero attached hydrogens (tertiary/aromatic N) is 2. The van der Waals surface area contributed by atoms with E-state index in [1.54, 1.807) is 31.2 Å². The predicted molar refractivity (Wildman–Crippen MR) is 216 cm³/mol. The monoisotopic (exact) mass is 725 g/mol. The number of nitro benzene ring substituents is 2. The zero-order valence-corrected chi connectivity index (χ0v) is 33.2. The van der Waals surface area contributed by atoms with Crippen molar-refractivity contribution >= 4 is 11.4 Å². The van der Waals surface area contributed by atoms with Gasteiger partial charge >= 0.3 is 0 Å². The van der Waals surface area contributed by atoms with Crippen LogP contribution in [0.25, 0.3) is 0 Å². The molecule has 0 aliphatic carbocycles. The summed E-state index contributed by atoms with van der Waals surface area (Å²) < 4.78 is 12.4. The number of benzene rings is 2. The Labute approximate surface area is 316 Å². The van der Waals surface area contributed by atoms with Gasteiger partial charge in [-0.3, -0.25) is 20.2 Å². The standard InChI is InChI=1S/C44H72N2O6/c1-4-6-8-10-12-14-16-18-20-22-24-26-28-32-39-41(45(47)48)34-30-36-43(39)51-38(3)52-44-37-31-35-42(46(49)50)40(44)33-29-27-25-23-21-19-17-15-13-11-9-7-5-2/h30-31,34-38H,4-29,32-33H2,1-3H3. The molecule has 0 unspecified atom stereocenters. The average molecular weight is 725 g/mol. The van der Waals surface area contributed by atoms with Gasteiger partial charge in [0.25, 0.3) is 11.4 Å². The molecule has 0 heterocycles. The number of rotatable bonds is 34. The summed E-state index contributed by atoms with van der Waals surface area (Å²) in [7, 11) is 0. The predicted octanol–water partition coefficient (Wildman–Crippen LogP) is 14.6. The van der Waals surface area contributed by atoms with Crippen molar-refractivity contribution in [2.75, 3.05) is 0 Å². The Morgan fingerprint density at radius 2 is 0.731 bits per heavy atom. The Hall–Kier alpha value is -3.16. The third-order valence-corrected chi connectivity index (χ3v) is 10.3. The van der Waals surface area contributed by atoms with Crippen LogP contribution in [-0.2, 0) is 12.8 Å². The fourth-order valence-corrected chi connectivity index (χ4v) is 7.19. The molecule has 0 N–H and O–H groups in total. The van der Waals surface area contributed by atoms with E-state index in [-0.39, 0.29) is 21.2 Å². The normalized spacial score (nSPS) is 11.3. The van der Waals surface area contributed by atoms with Crippen LogP contribution in [0.3, 0.4) is 0 Å². The van der Waals surface area contributed by atoms with E-state index >= 15 is 0 Å². The third kappa shape index (κ3) is 19.6. The SMILES string of the molecule is CCCCCCCCCCCCCCCc1c(OC(C)Oc2cccc([N+](=O)[O-])c2CCCCCCCCCCCCCCC)cccc1[N+](=O)[O-]. The van der Waals surface area contributed by atoms with Crippen LogP contribution in [0.1, 0.15) is 199 Å². The summed E-state index contributed by atoms with van der Waals surface area (Å²) >= 11 is 0. The summed E-state index contributed by atoms with van der Waals surface area (Å²) in [5.74, 6) is 0.869. The van der Waals surface area contributed by atoms with Crippen molar-refractivity contribution in [1.29, 1.82) is 0 Å². The lowest BCUT2D eigenvalue weighted by atomic mass is 10.0. The Kier molecular flexibility index (Phi) is 25.4. The Balaban J connectivity index is 1.84. The molecular weight excluding hydrogens is 652 g/mol. The molecule has 0 atom stereocenters. The van der Waals surface area contributed by atoms with Gasteiger partial charge < -0.3 is 9.47 Å². The lowest BCUT2D eigenvalue weighted by Gasteiger charge is -2.20. The molecule has 0 amide bonds. The molecule has 0 aliphatic rings. The van der Waals surface area contributed by atoms with Crippen molar-refractivity contribution in [3.63, 3.8) is 0 Å². The molecule has 0 spiro atoms. The van der Waals surface area contributed by atoms with Gasteiger partial charge in [-0.2, -0.15) is 0 Å². The van der Waals surface area contributed by atoms with Gasteiger partial charge in [0.2, 0.25) is 6.29 Å². The van der Waals surface area contributed by atoms with E-state index in [1.165, 1.54) is 141 Å². The number of hydrogen-bond acceptors (Lipinski definition) is 6. The lowest BCUT2D eigenvalue weighted by molar-refractivity contribution is -0.385. The summed E-state index contributed by atoms with van der Waals surface area (Å²) in [5.41, 5.74) is 1.28. The molecule has 294 valence electrons. The molecule has 0 saturated heterocycles. The van der Waals surface area contributed by atoms with Crippen LogP contribution in [0.4, 0.5) is 11.4 Å². The van der Waals surface area contributed by atoms with Crippen LogP contribution in [0.2, 0.25) is 0 Å². The van der Waals surface area contributed by atoms with Crippen LogP contribution in [0.5, 0.6) is 11.5 Å². The molecule has 2 rings (SSSR count). The van der Waals surface area contributed by atoms with Crippen LogP contribution in [0.15, 0.2) is 36.4 Å². The van der Waals surface area contributed by atoms with Gasteiger partial charge in [-0.1, -0.05) is 180 Å². The van der Waals surface area contributed by atoms with Crippen LogP contribution >= 0.6 is 0 Å². The first kappa shape index (κ1) is 45.0. The molecular formula is C44H72N2O6. The Bertz CT molecular complexity index is 1140. The third-order valence-electron chi connectivity index (χ3n) is 10.3. The van der Waals surface area contributed by atoms with Crippen molar-refractivity contribution < 1.29 is 19.3 Å². The van der Waals surface area contributed by atoms with E-state index < -0.39 is 6.29 Å². The molecule has 2 aromatic rings. The van der Waals surface area contributed by atoms with Gasteiger partial charge in [-0.05, 0) is 37.8 Å². The number of nitro groups is 2. The molecule has 0 saturated carbocycles. The van der Waals surface area contributed by atoms with Gasteiger partial charge in [-0.15, -0.1) is 0 Å². The van der Waals surface area contributed by atoms with Crippen molar-refractivity contribution in [2.24, 2.45) is 0 Å². The van der Waals surface area contributed by atoms with Crippen LogP contribution < -0.4 is 9.47 Å². The average Bonchev–Trinajstić information content (AvgIpc) is 3.12. The second kappa shape index (κ2) is 29.3. The first-order valence-corrected chi connectivity index (χ1v) is 21.2. The van der Waals surface area contributed by atoms with E-state index in [4.69, 9.17) is 9.47 Å². The highest BCUT2D eigenvalue weighted by molar-refractivity contribution is 5.51. The summed E-state index contributed by atoms with van der Waals surface area (Å²) in [6.07, 6.45) is 32.6. The van der Waals surface area contributed by atoms with E-state index in [0.717, 1.165) is 38.5 Å². The quantitative estimate of drug-likeness (QED) is 0.0308. The fourth-order valence-electron chi connectivity index (χ4n) is 7.19. The van der Waals surface area contributed by atoms with Crippen molar-refractivity contribution in [3.05, 3.63) is 67.8 Å². The second-order valence-electron chi connectivity index (χ2n) is 14.8. The van der Waals surface area contributed by atoms with Gasteiger partial charge in [-0.25, -0.2) is 0 Å². The number of unbranched alkanes of at least 4 members (excludes halogenated alkanes) is 24. The minimum atomic E-state index is -0.792. The first-order valence-electron chi connectivity index (χ1n) is 21.2. The molecule has 0 radical (unpaired) electrons. The van der Waals surface area contributed by atoms with Crippen molar-refractivity contribution in [3.8, 4) is 11.5 Å². The highest BCUT2D eigenvalue weighted by atomic mass is 16.7. The maximum absolute atomic E-state index is 12.0. The highest BCUT2D eigenvalue weighted by Gasteiger charge is 2.23. The molecule has 8 nitrogen and oxygen atoms in total. The summed E-state index contributed by atoms with van der Waals surface area (Å²) in [6.45, 7) is 6.25. The van der Waals surface area contributed by atoms with Gasteiger partial charge in [0, 0.05) is 19.1 Å². The zero-order valence-electron chi connectivity index (χ0n) is 33.2. The lowest BCUT2D eigenvalue weighted by Crippen LogP contribution is -2.21. The molecule has 8 heteroatoms. The summed E-state index contributed by atoms with van der Waals surface area (Å²) in [4.78, 5) is 23.2. The summed E-state index contributed by atoms with van der Waals surface area (Å²) in [6, 6.07) is 9.86. The Morgan fingerprint density at radius 1 is 0.462 bits per heavy atom. The largest absolute Gasteiger partial charge is 0.455 e. The smallest absolute Gasteiger partial charge is 0.276 e. The minimum Gasteiger partial charge on any atom is -0.455 e. The van der Waals surface area contributed by atoms with Gasteiger partial charge in [0.15, 0.2) is 0 Å². The van der Waals surface area contributed by atoms with Crippen LogP contribution in [-0.4, -0.2) is 16.1 Å². The molecule has 52 heavy (non-hydrogen) atoms. The zero-order chi connectivity index (χ0) is 37.7. The van der Waals surface area contributed by atoms with Gasteiger partial charge in [0.05, 0.1) is 21.0 Å². The minimum absolute atomic E-state index is 0.0575. The molecule has 0 aliphatic heterocycles. The molecule has 0 fully saturated rings.